The molecule has 2 aromatic rings. The first kappa shape index (κ1) is 17.4. The smallest absolute Gasteiger partial charge is 0.196 e. The van der Waals surface area contributed by atoms with Gasteiger partial charge in [-0.2, -0.15) is 0 Å². The summed E-state index contributed by atoms with van der Waals surface area (Å²) in [5.41, 5.74) is 1.63. The zero-order valence-electron chi connectivity index (χ0n) is 13.9. The van der Waals surface area contributed by atoms with Crippen molar-refractivity contribution in [2.24, 2.45) is 0 Å². The van der Waals surface area contributed by atoms with Crippen molar-refractivity contribution < 1.29 is 9.53 Å². The fraction of sp³-hybridized carbons (Fsp3) is 0.381. The Bertz CT molecular complexity index is 563. The van der Waals surface area contributed by atoms with E-state index in [-0.39, 0.29) is 5.78 Å². The average Bonchev–Trinajstić information content (AvgIpc) is 2.62. The molecule has 2 aromatic carbocycles. The van der Waals surface area contributed by atoms with E-state index in [1.165, 1.54) is 19.3 Å². The van der Waals surface area contributed by atoms with Gasteiger partial charge in [0.25, 0.3) is 0 Å². The minimum absolute atomic E-state index is 0.0327. The highest BCUT2D eigenvalue weighted by Gasteiger charge is 2.22. The van der Waals surface area contributed by atoms with Gasteiger partial charge in [0.1, 0.15) is 6.10 Å². The number of carbonyl (C=O) groups is 1. The molecule has 0 fully saturated rings. The standard InChI is InChI=1S/C21H26O2/c1-2-3-4-5-12-17-23-21(19-15-10-7-11-16-19)20(22)18-13-8-6-9-14-18/h6-11,13-16,21H,2-5,12,17H2,1H3. The van der Waals surface area contributed by atoms with Crippen molar-refractivity contribution in [3.8, 4) is 0 Å². The maximum Gasteiger partial charge on any atom is 0.196 e. The van der Waals surface area contributed by atoms with Crippen LogP contribution in [0.4, 0.5) is 0 Å². The molecule has 2 heteroatoms. The summed E-state index contributed by atoms with van der Waals surface area (Å²) in [6.45, 7) is 2.84. The summed E-state index contributed by atoms with van der Waals surface area (Å²) in [7, 11) is 0. The van der Waals surface area contributed by atoms with E-state index < -0.39 is 6.10 Å². The van der Waals surface area contributed by atoms with Crippen LogP contribution in [-0.4, -0.2) is 12.4 Å². The highest BCUT2D eigenvalue weighted by Crippen LogP contribution is 2.23. The van der Waals surface area contributed by atoms with E-state index in [9.17, 15) is 4.79 Å². The quantitative estimate of drug-likeness (QED) is 0.422. The van der Waals surface area contributed by atoms with E-state index in [1.807, 2.05) is 60.7 Å². The molecular weight excluding hydrogens is 284 g/mol. The Hall–Kier alpha value is -1.93. The molecule has 0 spiro atoms. The van der Waals surface area contributed by atoms with Gasteiger partial charge in [0.2, 0.25) is 0 Å². The minimum atomic E-state index is -0.509. The lowest BCUT2D eigenvalue weighted by molar-refractivity contribution is 0.0391. The maximum absolute atomic E-state index is 12.8. The number of hydrogen-bond acceptors (Lipinski definition) is 2. The lowest BCUT2D eigenvalue weighted by Gasteiger charge is -2.17. The molecule has 0 radical (unpaired) electrons. The van der Waals surface area contributed by atoms with Gasteiger partial charge >= 0.3 is 0 Å². The normalized spacial score (nSPS) is 12.0. The van der Waals surface area contributed by atoms with Gasteiger partial charge in [0, 0.05) is 12.2 Å². The summed E-state index contributed by atoms with van der Waals surface area (Å²) in [5, 5.41) is 0. The zero-order valence-corrected chi connectivity index (χ0v) is 13.9. The number of hydrogen-bond donors (Lipinski definition) is 0. The highest BCUT2D eigenvalue weighted by atomic mass is 16.5. The molecule has 0 amide bonds. The van der Waals surface area contributed by atoms with E-state index in [4.69, 9.17) is 4.74 Å². The molecule has 23 heavy (non-hydrogen) atoms. The lowest BCUT2D eigenvalue weighted by Crippen LogP contribution is -2.17. The Labute approximate surface area is 139 Å². The van der Waals surface area contributed by atoms with E-state index >= 15 is 0 Å². The summed E-state index contributed by atoms with van der Waals surface area (Å²) in [4.78, 5) is 12.8. The molecule has 0 bridgehead atoms. The van der Waals surface area contributed by atoms with Crippen molar-refractivity contribution in [1.82, 2.24) is 0 Å². The van der Waals surface area contributed by atoms with E-state index in [0.717, 1.165) is 18.4 Å². The van der Waals surface area contributed by atoms with Crippen LogP contribution in [0.1, 0.15) is 61.1 Å². The second-order valence-corrected chi connectivity index (χ2v) is 5.81. The zero-order chi connectivity index (χ0) is 16.3. The van der Waals surface area contributed by atoms with Crippen LogP contribution < -0.4 is 0 Å². The fourth-order valence-electron chi connectivity index (χ4n) is 2.61. The first-order valence-electron chi connectivity index (χ1n) is 8.58. The number of benzene rings is 2. The Balaban J connectivity index is 2.00. The monoisotopic (exact) mass is 310 g/mol. The molecule has 0 N–H and O–H groups in total. The number of Topliss-reactive ketones (excluding diaryl/α,β-unsaturated/α-hetero) is 1. The molecule has 0 heterocycles. The predicted molar refractivity (Wildman–Crippen MR) is 94.7 cm³/mol. The van der Waals surface area contributed by atoms with Gasteiger partial charge in [-0.15, -0.1) is 0 Å². The molecule has 0 aliphatic heterocycles. The van der Waals surface area contributed by atoms with Crippen LogP contribution in [-0.2, 0) is 4.74 Å². The van der Waals surface area contributed by atoms with Crippen LogP contribution in [0.2, 0.25) is 0 Å². The highest BCUT2D eigenvalue weighted by molar-refractivity contribution is 6.00. The van der Waals surface area contributed by atoms with E-state index in [0.29, 0.717) is 12.2 Å². The molecule has 0 aromatic heterocycles. The van der Waals surface area contributed by atoms with Gasteiger partial charge in [-0.1, -0.05) is 93.3 Å². The van der Waals surface area contributed by atoms with Gasteiger partial charge in [-0.25, -0.2) is 0 Å². The van der Waals surface area contributed by atoms with Crippen LogP contribution in [0.15, 0.2) is 60.7 Å². The minimum Gasteiger partial charge on any atom is -0.365 e. The third kappa shape index (κ3) is 5.65. The third-order valence-electron chi connectivity index (χ3n) is 3.93. The molecule has 0 aliphatic carbocycles. The summed E-state index contributed by atoms with van der Waals surface area (Å²) in [5.74, 6) is 0.0327. The molecular formula is C21H26O2. The Morgan fingerprint density at radius 2 is 1.48 bits per heavy atom. The van der Waals surface area contributed by atoms with Gasteiger partial charge < -0.3 is 4.74 Å². The topological polar surface area (TPSA) is 26.3 Å². The van der Waals surface area contributed by atoms with Crippen molar-refractivity contribution in [3.05, 3.63) is 71.8 Å². The van der Waals surface area contributed by atoms with Gasteiger partial charge in [0.05, 0.1) is 0 Å². The Morgan fingerprint density at radius 3 is 2.13 bits per heavy atom. The van der Waals surface area contributed by atoms with Crippen LogP contribution in [0.3, 0.4) is 0 Å². The summed E-state index contributed by atoms with van der Waals surface area (Å²) >= 11 is 0. The second kappa shape index (κ2) is 9.96. The van der Waals surface area contributed by atoms with Crippen molar-refractivity contribution in [2.75, 3.05) is 6.61 Å². The molecule has 0 saturated carbocycles. The summed E-state index contributed by atoms with van der Waals surface area (Å²) in [6, 6.07) is 19.2. The number of ether oxygens (including phenoxy) is 1. The molecule has 0 aliphatic rings. The third-order valence-corrected chi connectivity index (χ3v) is 3.93. The van der Waals surface area contributed by atoms with Gasteiger partial charge in [-0.3, -0.25) is 4.79 Å². The largest absolute Gasteiger partial charge is 0.365 e. The SMILES string of the molecule is CCCCCCCOC(C(=O)c1ccccc1)c1ccccc1. The van der Waals surface area contributed by atoms with Gasteiger partial charge in [0.15, 0.2) is 5.78 Å². The first-order chi connectivity index (χ1) is 11.3. The number of ketones is 1. The molecule has 2 rings (SSSR count). The number of carbonyl (C=O) groups excluding carboxylic acids is 1. The molecule has 1 atom stereocenters. The van der Waals surface area contributed by atoms with Crippen LogP contribution >= 0.6 is 0 Å². The molecule has 2 nitrogen and oxygen atoms in total. The Morgan fingerprint density at radius 1 is 0.870 bits per heavy atom. The summed E-state index contributed by atoms with van der Waals surface area (Å²) in [6.07, 6.45) is 5.40. The maximum atomic E-state index is 12.8. The molecule has 0 saturated heterocycles. The predicted octanol–water partition coefficient (Wildman–Crippen LogP) is 5.60. The van der Waals surface area contributed by atoms with Crippen LogP contribution in [0, 0.1) is 0 Å². The molecule has 1 unspecified atom stereocenters. The van der Waals surface area contributed by atoms with Crippen molar-refractivity contribution in [2.45, 2.75) is 45.1 Å². The van der Waals surface area contributed by atoms with Crippen LogP contribution in [0.25, 0.3) is 0 Å². The first-order valence-corrected chi connectivity index (χ1v) is 8.58. The lowest BCUT2D eigenvalue weighted by atomic mass is 10.00. The molecule has 122 valence electrons. The van der Waals surface area contributed by atoms with E-state index in [1.54, 1.807) is 0 Å². The van der Waals surface area contributed by atoms with Gasteiger partial charge in [-0.05, 0) is 12.0 Å². The number of unbranched alkanes of at least 4 members (excludes halogenated alkanes) is 4. The van der Waals surface area contributed by atoms with Crippen molar-refractivity contribution >= 4 is 5.78 Å². The van der Waals surface area contributed by atoms with E-state index in [2.05, 4.69) is 6.92 Å². The average molecular weight is 310 g/mol. The summed E-state index contributed by atoms with van der Waals surface area (Å²) < 4.78 is 5.98. The van der Waals surface area contributed by atoms with Crippen molar-refractivity contribution in [3.63, 3.8) is 0 Å². The second-order valence-electron chi connectivity index (χ2n) is 5.81. The Kier molecular flexibility index (Phi) is 7.55. The fourth-order valence-corrected chi connectivity index (χ4v) is 2.61. The number of rotatable bonds is 10. The van der Waals surface area contributed by atoms with Crippen LogP contribution in [0.5, 0.6) is 0 Å². The van der Waals surface area contributed by atoms with Crippen molar-refractivity contribution in [1.29, 1.82) is 0 Å².